The van der Waals surface area contributed by atoms with Gasteiger partial charge in [0.25, 0.3) is 0 Å². The van der Waals surface area contributed by atoms with Gasteiger partial charge in [-0.3, -0.25) is 4.68 Å². The second-order valence-electron chi connectivity index (χ2n) is 11.0. The number of rotatable bonds is 5. The number of fused-ring (bicyclic) bond motifs is 3. The molecule has 32 heavy (non-hydrogen) atoms. The normalized spacial score (nSPS) is 37.2. The lowest BCUT2D eigenvalue weighted by molar-refractivity contribution is -0.217. The molecule has 4 aliphatic carbocycles. The first-order valence-electron chi connectivity index (χ1n) is 11.5. The lowest BCUT2D eigenvalue weighted by Crippen LogP contribution is -2.69. The van der Waals surface area contributed by atoms with E-state index in [0.717, 1.165) is 72.7 Å². The molecule has 168 valence electrons. The third-order valence-corrected chi connectivity index (χ3v) is 9.25. The monoisotopic (exact) mass is 453 g/mol. The lowest BCUT2D eigenvalue weighted by Gasteiger charge is -2.70. The maximum atomic E-state index is 10.6. The predicted molar refractivity (Wildman–Crippen MR) is 122 cm³/mol. The van der Waals surface area contributed by atoms with Crippen LogP contribution in [-0.4, -0.2) is 57.1 Å². The minimum atomic E-state index is -0.535. The van der Waals surface area contributed by atoms with Gasteiger partial charge >= 0.3 is 0 Å². The fourth-order valence-electron chi connectivity index (χ4n) is 7.12. The molecule has 4 heterocycles. The molecular weight excluding hydrogens is 426 g/mol. The number of piperidine rings is 2. The fourth-order valence-corrected chi connectivity index (χ4v) is 7.41. The van der Waals surface area contributed by atoms with Crippen LogP contribution in [0.3, 0.4) is 0 Å². The summed E-state index contributed by atoms with van der Waals surface area (Å²) in [5.74, 6) is 0.621. The van der Waals surface area contributed by atoms with Crippen LogP contribution in [0, 0.1) is 17.3 Å². The summed E-state index contributed by atoms with van der Waals surface area (Å²) in [6, 6.07) is 4.16. The summed E-state index contributed by atoms with van der Waals surface area (Å²) in [6.07, 6.45) is 10.5. The quantitative estimate of drug-likeness (QED) is 0.639. The van der Waals surface area contributed by atoms with Gasteiger partial charge in [-0.25, -0.2) is 4.68 Å². The van der Waals surface area contributed by atoms with Crippen LogP contribution >= 0.6 is 11.6 Å². The van der Waals surface area contributed by atoms with Crippen LogP contribution in [0.4, 0.5) is 5.69 Å². The van der Waals surface area contributed by atoms with Gasteiger partial charge in [0.1, 0.15) is 5.69 Å². The highest BCUT2D eigenvalue weighted by molar-refractivity contribution is 6.34. The van der Waals surface area contributed by atoms with E-state index in [1.165, 1.54) is 0 Å². The molecule has 9 rings (SSSR count). The summed E-state index contributed by atoms with van der Waals surface area (Å²) in [7, 11) is 1.79. The zero-order valence-electron chi connectivity index (χ0n) is 18.5. The molecule has 1 N–H and O–H groups in total. The molecule has 4 bridgehead atoms. The largest absolute Gasteiger partial charge is 0.389 e. The fraction of sp³-hybridized carbons (Fsp3) is 0.583. The smallest absolute Gasteiger partial charge is 0.103 e. The molecule has 3 atom stereocenters. The second kappa shape index (κ2) is 6.07. The summed E-state index contributed by atoms with van der Waals surface area (Å²) in [5, 5.41) is 21.7. The standard InChI is InChI=1S/C24H28ClN5O2/c1-22(31)16-4-17(22)9-28(8-16)21-5-20-15(3-19(21)25)6-27-30(20)18-7-26-29(10-18)24-11-23(12-24,13-24)14-32-2/h3,5-7,10,16-17,31H,4,8-9,11-14H2,1-2H3/t16-,17+,22?,23?,24?. The summed E-state index contributed by atoms with van der Waals surface area (Å²) >= 11 is 6.69. The number of hydrogen-bond acceptors (Lipinski definition) is 5. The SMILES string of the molecule is COCC12CC(n3cc(-n4ncc5cc(Cl)c(N6C[C@H]7C[C@@H](C6)C7(C)O)cc54)cn3)(C1)C2. The topological polar surface area (TPSA) is 68.3 Å². The van der Waals surface area contributed by atoms with Crippen LogP contribution in [0.25, 0.3) is 16.6 Å². The Bertz CT molecular complexity index is 1210. The van der Waals surface area contributed by atoms with E-state index in [2.05, 4.69) is 26.9 Å². The molecule has 0 spiro atoms. The van der Waals surface area contributed by atoms with Gasteiger partial charge in [-0.05, 0) is 44.7 Å². The third-order valence-electron chi connectivity index (χ3n) is 8.94. The Morgan fingerprint density at radius 1 is 1.16 bits per heavy atom. The minimum Gasteiger partial charge on any atom is -0.389 e. The van der Waals surface area contributed by atoms with Crippen molar-refractivity contribution in [3.8, 4) is 5.69 Å². The second-order valence-corrected chi connectivity index (χ2v) is 11.4. The van der Waals surface area contributed by atoms with Gasteiger partial charge in [-0.1, -0.05) is 11.6 Å². The van der Waals surface area contributed by atoms with Crippen molar-refractivity contribution in [2.45, 2.75) is 43.7 Å². The van der Waals surface area contributed by atoms with Gasteiger partial charge in [0.05, 0.1) is 52.6 Å². The molecule has 1 unspecified atom stereocenters. The Hall–Kier alpha value is -2.09. The van der Waals surface area contributed by atoms with Crippen LogP contribution in [0.15, 0.2) is 30.7 Å². The van der Waals surface area contributed by atoms with Crippen LogP contribution in [0.5, 0.6) is 0 Å². The van der Waals surface area contributed by atoms with E-state index in [1.807, 2.05) is 30.1 Å². The number of benzene rings is 1. The van der Waals surface area contributed by atoms with Gasteiger partial charge in [0.2, 0.25) is 0 Å². The number of methoxy groups -OCH3 is 1. The molecular formula is C24H28ClN5O2. The zero-order valence-corrected chi connectivity index (χ0v) is 19.2. The van der Waals surface area contributed by atoms with E-state index in [1.54, 1.807) is 7.11 Å². The van der Waals surface area contributed by atoms with E-state index < -0.39 is 5.60 Å². The van der Waals surface area contributed by atoms with Crippen molar-refractivity contribution in [3.05, 3.63) is 35.7 Å². The molecule has 0 amide bonds. The minimum absolute atomic E-state index is 0.167. The summed E-state index contributed by atoms with van der Waals surface area (Å²) in [5.41, 5.74) is 3.04. The lowest BCUT2D eigenvalue weighted by atomic mass is 9.39. The first-order valence-corrected chi connectivity index (χ1v) is 11.9. The van der Waals surface area contributed by atoms with Gasteiger partial charge in [-0.2, -0.15) is 10.2 Å². The third kappa shape index (κ3) is 2.39. The highest BCUT2D eigenvalue weighted by atomic mass is 35.5. The van der Waals surface area contributed by atoms with Gasteiger partial charge in [0.15, 0.2) is 0 Å². The number of aliphatic hydroxyl groups is 1. The number of anilines is 1. The molecule has 1 aromatic carbocycles. The van der Waals surface area contributed by atoms with Crippen LogP contribution in [0.2, 0.25) is 5.02 Å². The first kappa shape index (κ1) is 19.4. The number of nitrogens with zero attached hydrogens (tertiary/aromatic N) is 5. The van der Waals surface area contributed by atoms with Crippen LogP contribution in [-0.2, 0) is 10.3 Å². The predicted octanol–water partition coefficient (Wildman–Crippen LogP) is 3.61. The van der Waals surface area contributed by atoms with Crippen molar-refractivity contribution in [2.75, 3.05) is 31.7 Å². The van der Waals surface area contributed by atoms with Crippen molar-refractivity contribution >= 4 is 28.2 Å². The Morgan fingerprint density at radius 2 is 1.91 bits per heavy atom. The first-order chi connectivity index (χ1) is 15.3. The molecule has 0 radical (unpaired) electrons. The van der Waals surface area contributed by atoms with Gasteiger partial charge in [0, 0.05) is 42.8 Å². The van der Waals surface area contributed by atoms with E-state index in [9.17, 15) is 5.11 Å². The van der Waals surface area contributed by atoms with Crippen molar-refractivity contribution in [1.82, 2.24) is 19.6 Å². The maximum Gasteiger partial charge on any atom is 0.103 e. The highest BCUT2D eigenvalue weighted by Gasteiger charge is 2.69. The average Bonchev–Trinajstić information content (AvgIpc) is 3.35. The van der Waals surface area contributed by atoms with Crippen molar-refractivity contribution in [2.24, 2.45) is 17.3 Å². The zero-order chi connectivity index (χ0) is 21.9. The Kier molecular flexibility index (Phi) is 3.68. The summed E-state index contributed by atoms with van der Waals surface area (Å²) in [4.78, 5) is 2.33. The van der Waals surface area contributed by atoms with Gasteiger partial charge in [-0.15, -0.1) is 0 Å². The molecule has 6 fully saturated rings. The molecule has 7 nitrogen and oxygen atoms in total. The number of halogens is 1. The average molecular weight is 454 g/mol. The summed E-state index contributed by atoms with van der Waals surface area (Å²) in [6.45, 7) is 4.51. The van der Waals surface area contributed by atoms with Crippen LogP contribution in [0.1, 0.15) is 32.6 Å². The Balaban J connectivity index is 1.19. The molecule has 6 aliphatic rings. The van der Waals surface area contributed by atoms with Crippen LogP contribution < -0.4 is 4.90 Å². The molecule has 4 saturated carbocycles. The Labute approximate surface area is 191 Å². The number of aromatic nitrogens is 4. The molecule has 2 aromatic heterocycles. The van der Waals surface area contributed by atoms with Crippen molar-refractivity contribution < 1.29 is 9.84 Å². The molecule has 2 saturated heterocycles. The van der Waals surface area contributed by atoms with Crippen molar-refractivity contribution in [1.29, 1.82) is 0 Å². The van der Waals surface area contributed by atoms with Crippen molar-refractivity contribution in [3.63, 3.8) is 0 Å². The number of hydrogen-bond donors (Lipinski definition) is 1. The van der Waals surface area contributed by atoms with Gasteiger partial charge < -0.3 is 14.7 Å². The number of ether oxygens (including phenoxy) is 1. The highest BCUT2D eigenvalue weighted by Crippen LogP contribution is 2.71. The summed E-state index contributed by atoms with van der Waals surface area (Å²) < 4.78 is 9.51. The van der Waals surface area contributed by atoms with E-state index in [4.69, 9.17) is 21.4 Å². The molecule has 8 heteroatoms. The molecule has 2 aliphatic heterocycles. The molecule has 3 aromatic rings. The van der Waals surface area contributed by atoms with E-state index in [0.29, 0.717) is 17.3 Å². The van der Waals surface area contributed by atoms with E-state index in [-0.39, 0.29) is 5.54 Å². The Morgan fingerprint density at radius 3 is 2.59 bits per heavy atom. The maximum absolute atomic E-state index is 10.6. The van der Waals surface area contributed by atoms with E-state index >= 15 is 0 Å².